The van der Waals surface area contributed by atoms with Gasteiger partial charge in [0.1, 0.15) is 11.8 Å². The van der Waals surface area contributed by atoms with Gasteiger partial charge in [-0.25, -0.2) is 8.42 Å². The average molecular weight is 373 g/mol. The highest BCUT2D eigenvalue weighted by Crippen LogP contribution is 2.21. The minimum atomic E-state index is -3.74. The van der Waals surface area contributed by atoms with Gasteiger partial charge >= 0.3 is 0 Å². The molecule has 0 radical (unpaired) electrons. The summed E-state index contributed by atoms with van der Waals surface area (Å²) in [5.74, 6) is 0.739. The Balaban J connectivity index is 1.61. The van der Waals surface area contributed by atoms with Crippen LogP contribution in [0.1, 0.15) is 17.7 Å². The smallest absolute Gasteiger partial charge is 0.244 e. The SMILES string of the molecule is N#Cc1ccccc1S(=O)(=O)N1CCN(C(=O)CCc2ccco2)CC1. The number of carbonyl (C=O) groups is 1. The highest BCUT2D eigenvalue weighted by molar-refractivity contribution is 7.89. The molecule has 3 rings (SSSR count). The second-order valence-corrected chi connectivity index (χ2v) is 7.88. The Labute approximate surface area is 152 Å². The molecule has 0 unspecified atom stereocenters. The molecule has 0 N–H and O–H groups in total. The summed E-state index contributed by atoms with van der Waals surface area (Å²) in [5.41, 5.74) is 0.129. The number of amides is 1. The van der Waals surface area contributed by atoms with Crippen LogP contribution in [0.15, 0.2) is 52.0 Å². The number of sulfonamides is 1. The van der Waals surface area contributed by atoms with Gasteiger partial charge in [0.2, 0.25) is 15.9 Å². The normalized spacial score (nSPS) is 15.6. The largest absolute Gasteiger partial charge is 0.469 e. The first kappa shape index (κ1) is 18.2. The van der Waals surface area contributed by atoms with E-state index in [0.717, 1.165) is 5.76 Å². The molecule has 1 saturated heterocycles. The van der Waals surface area contributed by atoms with Crippen molar-refractivity contribution in [1.82, 2.24) is 9.21 Å². The van der Waals surface area contributed by atoms with E-state index in [9.17, 15) is 13.2 Å². The molecule has 2 heterocycles. The number of nitriles is 1. The third-order valence-corrected chi connectivity index (χ3v) is 6.34. The van der Waals surface area contributed by atoms with Gasteiger partial charge in [-0.1, -0.05) is 12.1 Å². The molecule has 1 aliphatic rings. The first-order valence-corrected chi connectivity index (χ1v) is 9.76. The van der Waals surface area contributed by atoms with Crippen molar-refractivity contribution >= 4 is 15.9 Å². The van der Waals surface area contributed by atoms with Crippen LogP contribution in [0, 0.1) is 11.3 Å². The zero-order chi connectivity index (χ0) is 18.6. The number of rotatable bonds is 5. The third-order valence-electron chi connectivity index (χ3n) is 4.38. The Morgan fingerprint density at radius 2 is 1.85 bits per heavy atom. The first-order chi connectivity index (χ1) is 12.5. The lowest BCUT2D eigenvalue weighted by Crippen LogP contribution is -2.50. The maximum Gasteiger partial charge on any atom is 0.244 e. The topological polar surface area (TPSA) is 94.6 Å². The Kier molecular flexibility index (Phi) is 5.40. The lowest BCUT2D eigenvalue weighted by molar-refractivity contribution is -0.132. The molecule has 1 fully saturated rings. The Hall–Kier alpha value is -2.63. The maximum atomic E-state index is 12.8. The van der Waals surface area contributed by atoms with Crippen LogP contribution in [-0.4, -0.2) is 49.7 Å². The van der Waals surface area contributed by atoms with E-state index in [0.29, 0.717) is 25.9 Å². The molecule has 0 spiro atoms. The van der Waals surface area contributed by atoms with Crippen LogP contribution in [0.5, 0.6) is 0 Å². The quantitative estimate of drug-likeness (QED) is 0.794. The van der Waals surface area contributed by atoms with E-state index in [-0.39, 0.29) is 29.5 Å². The fourth-order valence-electron chi connectivity index (χ4n) is 2.94. The molecule has 136 valence electrons. The van der Waals surface area contributed by atoms with Crippen LogP contribution in [0.3, 0.4) is 0 Å². The van der Waals surface area contributed by atoms with Gasteiger partial charge in [-0.3, -0.25) is 4.79 Å². The second kappa shape index (κ2) is 7.72. The maximum absolute atomic E-state index is 12.8. The second-order valence-electron chi connectivity index (χ2n) is 5.97. The average Bonchev–Trinajstić information content (AvgIpc) is 3.19. The summed E-state index contributed by atoms with van der Waals surface area (Å²) in [6.45, 7) is 1.11. The minimum Gasteiger partial charge on any atom is -0.469 e. The van der Waals surface area contributed by atoms with Gasteiger partial charge in [0.25, 0.3) is 0 Å². The monoisotopic (exact) mass is 373 g/mol. The van der Waals surface area contributed by atoms with Crippen LogP contribution < -0.4 is 0 Å². The predicted molar refractivity (Wildman–Crippen MR) is 93.5 cm³/mol. The van der Waals surface area contributed by atoms with Gasteiger partial charge in [0, 0.05) is 39.0 Å². The molecule has 0 bridgehead atoms. The summed E-state index contributed by atoms with van der Waals surface area (Å²) in [5, 5.41) is 9.14. The van der Waals surface area contributed by atoms with E-state index in [1.54, 1.807) is 29.4 Å². The lowest BCUT2D eigenvalue weighted by Gasteiger charge is -2.34. The molecule has 26 heavy (non-hydrogen) atoms. The minimum absolute atomic E-state index is 0.0140. The van der Waals surface area contributed by atoms with Crippen LogP contribution in [0.2, 0.25) is 0 Å². The van der Waals surface area contributed by atoms with Gasteiger partial charge in [0.15, 0.2) is 0 Å². The van der Waals surface area contributed by atoms with E-state index >= 15 is 0 Å². The molecule has 2 aromatic rings. The van der Waals surface area contributed by atoms with Crippen molar-refractivity contribution in [2.45, 2.75) is 17.7 Å². The Bertz CT molecular complexity index is 908. The number of carbonyl (C=O) groups excluding carboxylic acids is 1. The number of hydrogen-bond donors (Lipinski definition) is 0. The van der Waals surface area contributed by atoms with Crippen LogP contribution in [-0.2, 0) is 21.2 Å². The molecular formula is C18H19N3O4S. The van der Waals surface area contributed by atoms with Crippen molar-refractivity contribution in [3.63, 3.8) is 0 Å². The van der Waals surface area contributed by atoms with Crippen molar-refractivity contribution in [3.05, 3.63) is 54.0 Å². The number of furan rings is 1. The van der Waals surface area contributed by atoms with Gasteiger partial charge in [-0.15, -0.1) is 0 Å². The Morgan fingerprint density at radius 1 is 1.12 bits per heavy atom. The molecule has 0 atom stereocenters. The van der Waals surface area contributed by atoms with Gasteiger partial charge in [0.05, 0.1) is 16.7 Å². The van der Waals surface area contributed by atoms with Gasteiger partial charge < -0.3 is 9.32 Å². The highest BCUT2D eigenvalue weighted by Gasteiger charge is 2.31. The lowest BCUT2D eigenvalue weighted by atomic mass is 10.2. The zero-order valence-electron chi connectivity index (χ0n) is 14.2. The number of benzene rings is 1. The van der Waals surface area contributed by atoms with Crippen LogP contribution in [0.4, 0.5) is 0 Å². The summed E-state index contributed by atoms with van der Waals surface area (Å²) in [6, 6.07) is 11.7. The van der Waals surface area contributed by atoms with E-state index in [2.05, 4.69) is 0 Å². The first-order valence-electron chi connectivity index (χ1n) is 8.32. The van der Waals surface area contributed by atoms with E-state index in [4.69, 9.17) is 9.68 Å². The number of nitrogens with zero attached hydrogens (tertiary/aromatic N) is 3. The molecule has 1 aromatic heterocycles. The van der Waals surface area contributed by atoms with E-state index in [1.165, 1.54) is 16.4 Å². The fourth-order valence-corrected chi connectivity index (χ4v) is 4.51. The van der Waals surface area contributed by atoms with Crippen molar-refractivity contribution < 1.29 is 17.6 Å². The molecule has 0 aliphatic carbocycles. The molecule has 1 aliphatic heterocycles. The Morgan fingerprint density at radius 3 is 2.50 bits per heavy atom. The number of hydrogen-bond acceptors (Lipinski definition) is 5. The third kappa shape index (κ3) is 3.79. The highest BCUT2D eigenvalue weighted by atomic mass is 32.2. The molecular weight excluding hydrogens is 354 g/mol. The summed E-state index contributed by atoms with van der Waals surface area (Å²) >= 11 is 0. The van der Waals surface area contributed by atoms with Crippen molar-refractivity contribution in [1.29, 1.82) is 5.26 Å². The molecule has 1 aromatic carbocycles. The summed E-state index contributed by atoms with van der Waals surface area (Å²) in [6.07, 6.45) is 2.43. The molecule has 1 amide bonds. The predicted octanol–water partition coefficient (Wildman–Crippen LogP) is 1.62. The summed E-state index contributed by atoms with van der Waals surface area (Å²) < 4.78 is 32.1. The molecule has 0 saturated carbocycles. The molecule has 7 nitrogen and oxygen atoms in total. The molecule has 8 heteroatoms. The van der Waals surface area contributed by atoms with Gasteiger partial charge in [-0.05, 0) is 24.3 Å². The fraction of sp³-hybridized carbons (Fsp3) is 0.333. The number of aryl methyl sites for hydroxylation is 1. The van der Waals surface area contributed by atoms with Gasteiger partial charge in [-0.2, -0.15) is 9.57 Å². The van der Waals surface area contributed by atoms with Crippen molar-refractivity contribution in [2.75, 3.05) is 26.2 Å². The van der Waals surface area contributed by atoms with E-state index < -0.39 is 10.0 Å². The van der Waals surface area contributed by atoms with Crippen molar-refractivity contribution in [2.24, 2.45) is 0 Å². The van der Waals surface area contributed by atoms with Crippen molar-refractivity contribution in [3.8, 4) is 6.07 Å². The number of piperazine rings is 1. The summed E-state index contributed by atoms with van der Waals surface area (Å²) in [4.78, 5) is 14.0. The van der Waals surface area contributed by atoms with E-state index in [1.807, 2.05) is 12.1 Å². The zero-order valence-corrected chi connectivity index (χ0v) is 15.0. The summed E-state index contributed by atoms with van der Waals surface area (Å²) in [7, 11) is -3.74. The van der Waals surface area contributed by atoms with Crippen LogP contribution in [0.25, 0.3) is 0 Å². The standard InChI is InChI=1S/C18H19N3O4S/c19-14-15-4-1-2-6-17(15)26(23,24)21-11-9-20(10-12-21)18(22)8-7-16-5-3-13-25-16/h1-6,13H,7-12H2. The van der Waals surface area contributed by atoms with Crippen LogP contribution >= 0.6 is 0 Å².